The average Bonchev–Trinajstić information content (AvgIpc) is 2.73. The van der Waals surface area contributed by atoms with Crippen molar-refractivity contribution < 1.29 is 0 Å². The summed E-state index contributed by atoms with van der Waals surface area (Å²) >= 11 is 5.87. The molecule has 2 aromatic rings. The molecule has 0 amide bonds. The largest absolute Gasteiger partial charge is 0.330 e. The van der Waals surface area contributed by atoms with Gasteiger partial charge in [-0.15, -0.1) is 0 Å². The molecule has 3 nitrogen and oxygen atoms in total. The Morgan fingerprint density at radius 3 is 2.59 bits per heavy atom. The standard InChI is InChI=1S/C13H16ClN3/c1-10-7-16-17(8-10)9-12(6-15)11-2-4-13(14)5-3-11/h2-5,7-8,12H,6,9,15H2,1H3. The van der Waals surface area contributed by atoms with Gasteiger partial charge in [0.05, 0.1) is 6.20 Å². The summed E-state index contributed by atoms with van der Waals surface area (Å²) in [5, 5.41) is 5.03. The van der Waals surface area contributed by atoms with Crippen LogP contribution >= 0.6 is 11.6 Å². The zero-order chi connectivity index (χ0) is 12.3. The van der Waals surface area contributed by atoms with Crippen LogP contribution in [0.3, 0.4) is 0 Å². The molecule has 1 aromatic carbocycles. The lowest BCUT2D eigenvalue weighted by Gasteiger charge is -2.15. The highest BCUT2D eigenvalue weighted by molar-refractivity contribution is 6.30. The predicted molar refractivity (Wildman–Crippen MR) is 70.2 cm³/mol. The highest BCUT2D eigenvalue weighted by atomic mass is 35.5. The maximum absolute atomic E-state index is 5.87. The second-order valence-electron chi connectivity index (χ2n) is 4.22. The lowest BCUT2D eigenvalue weighted by molar-refractivity contribution is 0.521. The van der Waals surface area contributed by atoms with E-state index in [4.69, 9.17) is 17.3 Å². The van der Waals surface area contributed by atoms with Crippen LogP contribution in [0.1, 0.15) is 17.0 Å². The Bertz CT molecular complexity index is 476. The second-order valence-corrected chi connectivity index (χ2v) is 4.66. The molecule has 0 aliphatic carbocycles. The number of nitrogens with two attached hydrogens (primary N) is 1. The van der Waals surface area contributed by atoms with Gasteiger partial charge in [0.2, 0.25) is 0 Å². The molecule has 0 aliphatic heterocycles. The molecule has 1 heterocycles. The lowest BCUT2D eigenvalue weighted by atomic mass is 9.99. The highest BCUT2D eigenvalue weighted by Gasteiger charge is 2.10. The lowest BCUT2D eigenvalue weighted by Crippen LogP contribution is -2.18. The minimum atomic E-state index is 0.270. The topological polar surface area (TPSA) is 43.8 Å². The Labute approximate surface area is 106 Å². The number of rotatable bonds is 4. The maximum atomic E-state index is 5.87. The molecule has 1 unspecified atom stereocenters. The first-order valence-electron chi connectivity index (χ1n) is 5.63. The van der Waals surface area contributed by atoms with Gasteiger partial charge in [0, 0.05) is 30.2 Å². The van der Waals surface area contributed by atoms with E-state index >= 15 is 0 Å². The zero-order valence-electron chi connectivity index (χ0n) is 9.81. The fourth-order valence-electron chi connectivity index (χ4n) is 1.84. The van der Waals surface area contributed by atoms with Crippen molar-refractivity contribution in [1.82, 2.24) is 9.78 Å². The number of hydrogen-bond donors (Lipinski definition) is 1. The van der Waals surface area contributed by atoms with E-state index in [1.165, 1.54) is 5.56 Å². The fraction of sp³-hybridized carbons (Fsp3) is 0.308. The monoisotopic (exact) mass is 249 g/mol. The quantitative estimate of drug-likeness (QED) is 0.905. The van der Waals surface area contributed by atoms with Gasteiger partial charge in [-0.2, -0.15) is 5.10 Å². The van der Waals surface area contributed by atoms with Crippen molar-refractivity contribution in [3.63, 3.8) is 0 Å². The molecule has 17 heavy (non-hydrogen) atoms. The molecule has 0 saturated carbocycles. The Morgan fingerprint density at radius 1 is 1.35 bits per heavy atom. The van der Waals surface area contributed by atoms with Crippen molar-refractivity contribution in [3.8, 4) is 0 Å². The summed E-state index contributed by atoms with van der Waals surface area (Å²) in [6.07, 6.45) is 3.88. The number of aryl methyl sites for hydroxylation is 1. The van der Waals surface area contributed by atoms with E-state index in [0.717, 1.165) is 17.1 Å². The summed E-state index contributed by atoms with van der Waals surface area (Å²) in [5.41, 5.74) is 8.19. The molecule has 0 radical (unpaired) electrons. The molecule has 90 valence electrons. The molecule has 2 N–H and O–H groups in total. The van der Waals surface area contributed by atoms with Crippen LogP contribution in [0.4, 0.5) is 0 Å². The van der Waals surface area contributed by atoms with Gasteiger partial charge >= 0.3 is 0 Å². The molecule has 4 heteroatoms. The molecule has 1 aromatic heterocycles. The van der Waals surface area contributed by atoms with Crippen LogP contribution in [0.25, 0.3) is 0 Å². The summed E-state index contributed by atoms with van der Waals surface area (Å²) in [6.45, 7) is 3.43. The molecule has 1 atom stereocenters. The van der Waals surface area contributed by atoms with E-state index in [0.29, 0.717) is 6.54 Å². The van der Waals surface area contributed by atoms with Gasteiger partial charge in [-0.1, -0.05) is 23.7 Å². The second kappa shape index (κ2) is 5.34. The predicted octanol–water partition coefficient (Wildman–Crippen LogP) is 2.59. The van der Waals surface area contributed by atoms with Crippen molar-refractivity contribution in [3.05, 3.63) is 52.8 Å². The minimum Gasteiger partial charge on any atom is -0.330 e. The molecular weight excluding hydrogens is 234 g/mol. The SMILES string of the molecule is Cc1cnn(CC(CN)c2ccc(Cl)cc2)c1. The summed E-state index contributed by atoms with van der Waals surface area (Å²) < 4.78 is 1.93. The molecule has 0 saturated heterocycles. The Hall–Kier alpha value is -1.32. The number of aromatic nitrogens is 2. The van der Waals surface area contributed by atoms with Crippen molar-refractivity contribution in [2.45, 2.75) is 19.4 Å². The normalized spacial score (nSPS) is 12.6. The van der Waals surface area contributed by atoms with Gasteiger partial charge in [0.1, 0.15) is 0 Å². The molecule has 0 bridgehead atoms. The molecule has 0 spiro atoms. The molecule has 0 fully saturated rings. The molecule has 0 aliphatic rings. The van der Waals surface area contributed by atoms with Crippen molar-refractivity contribution in [2.75, 3.05) is 6.54 Å². The average molecular weight is 250 g/mol. The smallest absolute Gasteiger partial charge is 0.0518 e. The Balaban J connectivity index is 2.13. The molecular formula is C13H16ClN3. The zero-order valence-corrected chi connectivity index (χ0v) is 10.6. The fourth-order valence-corrected chi connectivity index (χ4v) is 1.97. The van der Waals surface area contributed by atoms with Gasteiger partial charge in [-0.25, -0.2) is 0 Å². The van der Waals surface area contributed by atoms with E-state index < -0.39 is 0 Å². The van der Waals surface area contributed by atoms with Gasteiger partial charge < -0.3 is 5.73 Å². The number of nitrogens with zero attached hydrogens (tertiary/aromatic N) is 2. The van der Waals surface area contributed by atoms with Crippen LogP contribution in [0, 0.1) is 6.92 Å². The van der Waals surface area contributed by atoms with Crippen molar-refractivity contribution in [2.24, 2.45) is 5.73 Å². The third-order valence-electron chi connectivity index (χ3n) is 2.80. The van der Waals surface area contributed by atoms with Gasteiger partial charge in [-0.05, 0) is 30.2 Å². The van der Waals surface area contributed by atoms with Gasteiger partial charge in [0.15, 0.2) is 0 Å². The number of hydrogen-bond acceptors (Lipinski definition) is 2. The number of halogens is 1. The first-order valence-corrected chi connectivity index (χ1v) is 6.01. The summed E-state index contributed by atoms with van der Waals surface area (Å²) in [6, 6.07) is 7.84. The van der Waals surface area contributed by atoms with Crippen LogP contribution in [0.15, 0.2) is 36.7 Å². The third kappa shape index (κ3) is 3.08. The summed E-state index contributed by atoms with van der Waals surface area (Å²) in [7, 11) is 0. The van der Waals surface area contributed by atoms with E-state index in [2.05, 4.69) is 5.10 Å². The minimum absolute atomic E-state index is 0.270. The Kier molecular flexibility index (Phi) is 3.82. The van der Waals surface area contributed by atoms with Crippen molar-refractivity contribution >= 4 is 11.6 Å². The van der Waals surface area contributed by atoms with Gasteiger partial charge in [0.25, 0.3) is 0 Å². The van der Waals surface area contributed by atoms with Crippen LogP contribution < -0.4 is 5.73 Å². The van der Waals surface area contributed by atoms with Crippen molar-refractivity contribution in [1.29, 1.82) is 0 Å². The summed E-state index contributed by atoms with van der Waals surface area (Å²) in [5.74, 6) is 0.270. The highest BCUT2D eigenvalue weighted by Crippen LogP contribution is 2.19. The summed E-state index contributed by atoms with van der Waals surface area (Å²) in [4.78, 5) is 0. The van der Waals surface area contributed by atoms with Crippen LogP contribution in [0.2, 0.25) is 5.02 Å². The first-order chi connectivity index (χ1) is 8.19. The maximum Gasteiger partial charge on any atom is 0.0518 e. The Morgan fingerprint density at radius 2 is 2.06 bits per heavy atom. The van der Waals surface area contributed by atoms with E-state index in [-0.39, 0.29) is 5.92 Å². The molecule has 2 rings (SSSR count). The van der Waals surface area contributed by atoms with Gasteiger partial charge in [-0.3, -0.25) is 4.68 Å². The van der Waals surface area contributed by atoms with Crippen LogP contribution in [-0.2, 0) is 6.54 Å². The van der Waals surface area contributed by atoms with Crippen LogP contribution in [0.5, 0.6) is 0 Å². The van der Waals surface area contributed by atoms with E-state index in [9.17, 15) is 0 Å². The van der Waals surface area contributed by atoms with E-state index in [1.54, 1.807) is 0 Å². The number of benzene rings is 1. The van der Waals surface area contributed by atoms with E-state index in [1.807, 2.05) is 48.3 Å². The third-order valence-corrected chi connectivity index (χ3v) is 3.05. The first kappa shape index (κ1) is 12.1. The van der Waals surface area contributed by atoms with Crippen LogP contribution in [-0.4, -0.2) is 16.3 Å².